The maximum atomic E-state index is 10.6. The van der Waals surface area contributed by atoms with E-state index in [1.54, 1.807) is 0 Å². The lowest BCUT2D eigenvalue weighted by molar-refractivity contribution is -0.140. The SMILES string of the molecule is CC1(C)CCCC(N2CC(CC(=O)O)C2)C1. The highest BCUT2D eigenvalue weighted by atomic mass is 16.4. The fourth-order valence-corrected chi connectivity index (χ4v) is 3.25. The summed E-state index contributed by atoms with van der Waals surface area (Å²) in [5, 5.41) is 8.71. The average Bonchev–Trinajstić information content (AvgIpc) is 2.08. The molecule has 0 radical (unpaired) electrons. The zero-order valence-corrected chi connectivity index (χ0v) is 10.4. The van der Waals surface area contributed by atoms with Gasteiger partial charge in [-0.15, -0.1) is 0 Å². The van der Waals surface area contributed by atoms with Crippen molar-refractivity contribution in [2.75, 3.05) is 13.1 Å². The molecule has 1 atom stereocenters. The fourth-order valence-electron chi connectivity index (χ4n) is 3.25. The van der Waals surface area contributed by atoms with Crippen molar-refractivity contribution < 1.29 is 9.90 Å². The Labute approximate surface area is 97.8 Å². The molecule has 3 heteroatoms. The van der Waals surface area contributed by atoms with Crippen molar-refractivity contribution in [1.29, 1.82) is 0 Å². The quantitative estimate of drug-likeness (QED) is 0.801. The Morgan fingerprint density at radius 2 is 2.12 bits per heavy atom. The van der Waals surface area contributed by atoms with E-state index in [0.29, 0.717) is 23.8 Å². The van der Waals surface area contributed by atoms with Crippen LogP contribution in [0.4, 0.5) is 0 Å². The third-order valence-corrected chi connectivity index (χ3v) is 4.14. The van der Waals surface area contributed by atoms with Gasteiger partial charge in [-0.3, -0.25) is 9.69 Å². The molecule has 0 amide bonds. The second-order valence-corrected chi connectivity index (χ2v) is 6.33. The van der Waals surface area contributed by atoms with Gasteiger partial charge in [0, 0.05) is 19.1 Å². The molecule has 1 aliphatic carbocycles. The second kappa shape index (κ2) is 4.36. The number of nitrogens with zero attached hydrogens (tertiary/aromatic N) is 1. The van der Waals surface area contributed by atoms with Crippen LogP contribution in [0.25, 0.3) is 0 Å². The molecule has 0 aromatic rings. The molecule has 3 nitrogen and oxygen atoms in total. The summed E-state index contributed by atoms with van der Waals surface area (Å²) in [5.41, 5.74) is 0.487. The molecule has 1 saturated carbocycles. The summed E-state index contributed by atoms with van der Waals surface area (Å²) in [5.74, 6) is -0.240. The van der Waals surface area contributed by atoms with Crippen LogP contribution in [0.2, 0.25) is 0 Å². The van der Waals surface area contributed by atoms with E-state index in [1.165, 1.54) is 25.7 Å². The lowest BCUT2D eigenvalue weighted by atomic mass is 9.73. The second-order valence-electron chi connectivity index (χ2n) is 6.33. The summed E-state index contributed by atoms with van der Waals surface area (Å²) < 4.78 is 0. The first-order chi connectivity index (χ1) is 7.46. The van der Waals surface area contributed by atoms with Crippen LogP contribution in [0.5, 0.6) is 0 Å². The fraction of sp³-hybridized carbons (Fsp3) is 0.923. The Morgan fingerprint density at radius 1 is 1.44 bits per heavy atom. The Balaban J connectivity index is 1.77. The maximum absolute atomic E-state index is 10.6. The van der Waals surface area contributed by atoms with Gasteiger partial charge >= 0.3 is 5.97 Å². The maximum Gasteiger partial charge on any atom is 0.303 e. The molecule has 16 heavy (non-hydrogen) atoms. The van der Waals surface area contributed by atoms with Crippen molar-refractivity contribution in [3.63, 3.8) is 0 Å². The first-order valence-electron chi connectivity index (χ1n) is 6.42. The van der Waals surface area contributed by atoms with Crippen LogP contribution < -0.4 is 0 Å². The Kier molecular flexibility index (Phi) is 3.24. The molecule has 0 spiro atoms. The molecule has 0 bridgehead atoms. The monoisotopic (exact) mass is 225 g/mol. The van der Waals surface area contributed by atoms with Crippen LogP contribution in [0.15, 0.2) is 0 Å². The van der Waals surface area contributed by atoms with E-state index in [1.807, 2.05) is 0 Å². The number of carboxylic acid groups (broad SMARTS) is 1. The van der Waals surface area contributed by atoms with Gasteiger partial charge in [0.05, 0.1) is 6.42 Å². The normalized spacial score (nSPS) is 31.0. The van der Waals surface area contributed by atoms with E-state index in [0.717, 1.165) is 13.1 Å². The number of carbonyl (C=O) groups is 1. The van der Waals surface area contributed by atoms with E-state index in [9.17, 15) is 4.79 Å². The summed E-state index contributed by atoms with van der Waals surface area (Å²) >= 11 is 0. The van der Waals surface area contributed by atoms with Gasteiger partial charge in [-0.2, -0.15) is 0 Å². The van der Waals surface area contributed by atoms with Crippen molar-refractivity contribution in [1.82, 2.24) is 4.90 Å². The van der Waals surface area contributed by atoms with Gasteiger partial charge < -0.3 is 5.11 Å². The summed E-state index contributed by atoms with van der Waals surface area (Å²) in [6.07, 6.45) is 5.62. The molecule has 1 saturated heterocycles. The summed E-state index contributed by atoms with van der Waals surface area (Å²) in [4.78, 5) is 13.1. The van der Waals surface area contributed by atoms with Crippen molar-refractivity contribution in [2.45, 2.75) is 52.0 Å². The zero-order valence-electron chi connectivity index (χ0n) is 10.4. The van der Waals surface area contributed by atoms with Gasteiger partial charge in [0.1, 0.15) is 0 Å². The van der Waals surface area contributed by atoms with Crippen LogP contribution in [-0.4, -0.2) is 35.1 Å². The van der Waals surface area contributed by atoms with Gasteiger partial charge in [0.15, 0.2) is 0 Å². The number of aliphatic carboxylic acids is 1. The smallest absolute Gasteiger partial charge is 0.303 e. The molecular formula is C13H23NO2. The molecule has 1 aliphatic heterocycles. The lowest BCUT2D eigenvalue weighted by Gasteiger charge is -2.48. The lowest BCUT2D eigenvalue weighted by Crippen LogP contribution is -2.54. The number of likely N-dealkylation sites (tertiary alicyclic amines) is 1. The molecule has 2 fully saturated rings. The van der Waals surface area contributed by atoms with Crippen LogP contribution in [0, 0.1) is 11.3 Å². The van der Waals surface area contributed by atoms with Crippen molar-refractivity contribution in [3.8, 4) is 0 Å². The Morgan fingerprint density at radius 3 is 2.69 bits per heavy atom. The van der Waals surface area contributed by atoms with Gasteiger partial charge in [-0.05, 0) is 30.6 Å². The topological polar surface area (TPSA) is 40.5 Å². The molecule has 92 valence electrons. The van der Waals surface area contributed by atoms with E-state index in [2.05, 4.69) is 18.7 Å². The molecule has 2 rings (SSSR count). The highest BCUT2D eigenvalue weighted by Crippen LogP contribution is 2.39. The summed E-state index contributed by atoms with van der Waals surface area (Å²) in [6.45, 7) is 6.72. The number of hydrogen-bond donors (Lipinski definition) is 1. The first kappa shape index (κ1) is 11.9. The van der Waals surface area contributed by atoms with Gasteiger partial charge in [0.2, 0.25) is 0 Å². The summed E-state index contributed by atoms with van der Waals surface area (Å²) in [7, 11) is 0. The molecule has 1 unspecified atom stereocenters. The van der Waals surface area contributed by atoms with Gasteiger partial charge in [-0.25, -0.2) is 0 Å². The van der Waals surface area contributed by atoms with Crippen LogP contribution in [0.1, 0.15) is 46.0 Å². The highest BCUT2D eigenvalue weighted by molar-refractivity contribution is 5.67. The predicted molar refractivity (Wildman–Crippen MR) is 63.4 cm³/mol. The number of carboxylic acids is 1. The standard InChI is InChI=1S/C13H23NO2/c1-13(2)5-3-4-11(7-13)14-8-10(9-14)6-12(15)16/h10-11H,3-9H2,1-2H3,(H,15,16). The number of hydrogen-bond acceptors (Lipinski definition) is 2. The van der Waals surface area contributed by atoms with Crippen LogP contribution in [-0.2, 0) is 4.79 Å². The van der Waals surface area contributed by atoms with E-state index >= 15 is 0 Å². The molecule has 0 aromatic heterocycles. The first-order valence-corrected chi connectivity index (χ1v) is 6.42. The molecule has 1 N–H and O–H groups in total. The van der Waals surface area contributed by atoms with Gasteiger partial charge in [-0.1, -0.05) is 20.3 Å². The molecule has 2 aliphatic rings. The average molecular weight is 225 g/mol. The minimum atomic E-state index is -0.645. The van der Waals surface area contributed by atoms with Gasteiger partial charge in [0.25, 0.3) is 0 Å². The van der Waals surface area contributed by atoms with Crippen LogP contribution in [0.3, 0.4) is 0 Å². The van der Waals surface area contributed by atoms with Crippen molar-refractivity contribution in [2.24, 2.45) is 11.3 Å². The molecule has 1 heterocycles. The van der Waals surface area contributed by atoms with Crippen molar-refractivity contribution >= 4 is 5.97 Å². The molecular weight excluding hydrogens is 202 g/mol. The van der Waals surface area contributed by atoms with E-state index < -0.39 is 5.97 Å². The molecule has 0 aromatic carbocycles. The predicted octanol–water partition coefficient (Wildman–Crippen LogP) is 2.36. The third kappa shape index (κ3) is 2.76. The number of rotatable bonds is 3. The zero-order chi connectivity index (χ0) is 11.8. The van der Waals surface area contributed by atoms with E-state index in [4.69, 9.17) is 5.11 Å². The Bertz CT molecular complexity index is 269. The van der Waals surface area contributed by atoms with Crippen LogP contribution >= 0.6 is 0 Å². The third-order valence-electron chi connectivity index (χ3n) is 4.14. The van der Waals surface area contributed by atoms with E-state index in [-0.39, 0.29) is 0 Å². The minimum absolute atomic E-state index is 0.354. The Hall–Kier alpha value is -0.570. The highest BCUT2D eigenvalue weighted by Gasteiger charge is 2.37. The largest absolute Gasteiger partial charge is 0.481 e. The summed E-state index contributed by atoms with van der Waals surface area (Å²) in [6, 6.07) is 0.716. The van der Waals surface area contributed by atoms with Crippen molar-refractivity contribution in [3.05, 3.63) is 0 Å². The minimum Gasteiger partial charge on any atom is -0.481 e.